The molecule has 0 radical (unpaired) electrons. The number of H-pyrrole nitrogens is 1. The second kappa shape index (κ2) is 3.61. The van der Waals surface area contributed by atoms with Crippen molar-refractivity contribution in [3.05, 3.63) is 18.0 Å². The third-order valence-corrected chi connectivity index (χ3v) is 2.29. The van der Waals surface area contributed by atoms with E-state index in [4.69, 9.17) is 0 Å². The van der Waals surface area contributed by atoms with Crippen LogP contribution in [0.1, 0.15) is 12.0 Å². The number of rotatable bonds is 3. The summed E-state index contributed by atoms with van der Waals surface area (Å²) in [7, 11) is 0. The molecule has 0 bridgehead atoms. The van der Waals surface area contributed by atoms with Gasteiger partial charge in [-0.05, 0) is 12.0 Å². The van der Waals surface area contributed by atoms with Crippen LogP contribution in [0.2, 0.25) is 0 Å². The third-order valence-electron chi connectivity index (χ3n) is 2.29. The molecule has 14 heavy (non-hydrogen) atoms. The average molecular weight is 193 g/mol. The highest BCUT2D eigenvalue weighted by molar-refractivity contribution is 6.05. The fourth-order valence-corrected chi connectivity index (χ4v) is 1.52. The molecule has 2 rings (SSSR count). The van der Waals surface area contributed by atoms with Crippen LogP contribution < -0.4 is 0 Å². The van der Waals surface area contributed by atoms with E-state index in [0.717, 1.165) is 12.0 Å². The molecule has 1 aliphatic rings. The number of carbonyl (C=O) groups is 2. The maximum atomic E-state index is 11.2. The fourth-order valence-electron chi connectivity index (χ4n) is 1.52. The number of ketones is 1. The van der Waals surface area contributed by atoms with Crippen LogP contribution in [0.5, 0.6) is 0 Å². The predicted molar refractivity (Wildman–Crippen MR) is 48.5 cm³/mol. The Hall–Kier alpha value is -1.65. The third kappa shape index (κ3) is 1.81. The minimum atomic E-state index is -0.0569. The quantitative estimate of drug-likeness (QED) is 0.673. The average Bonchev–Trinajstić information content (AvgIpc) is 2.72. The monoisotopic (exact) mass is 193 g/mol. The first-order valence-corrected chi connectivity index (χ1v) is 4.53. The van der Waals surface area contributed by atoms with Gasteiger partial charge in [-0.25, -0.2) is 0 Å². The molecule has 1 fully saturated rings. The van der Waals surface area contributed by atoms with E-state index in [1.165, 1.54) is 0 Å². The molecule has 0 spiro atoms. The summed E-state index contributed by atoms with van der Waals surface area (Å²) in [5, 5.41) is 6.51. The summed E-state index contributed by atoms with van der Waals surface area (Å²) in [5.41, 5.74) is 1.05. The van der Waals surface area contributed by atoms with Crippen molar-refractivity contribution in [3.63, 3.8) is 0 Å². The Morgan fingerprint density at radius 3 is 2.93 bits per heavy atom. The van der Waals surface area contributed by atoms with E-state index in [0.29, 0.717) is 6.54 Å². The Kier molecular flexibility index (Phi) is 2.30. The Morgan fingerprint density at radius 1 is 1.50 bits per heavy atom. The molecule has 0 unspecified atom stereocenters. The molecule has 1 amide bonds. The molecule has 5 heteroatoms. The summed E-state index contributed by atoms with van der Waals surface area (Å²) < 4.78 is 0. The highest BCUT2D eigenvalue weighted by Crippen LogP contribution is 2.07. The highest BCUT2D eigenvalue weighted by Gasteiger charge is 2.26. The second-order valence-electron chi connectivity index (χ2n) is 3.39. The summed E-state index contributed by atoms with van der Waals surface area (Å²) in [6.07, 6.45) is 4.34. The van der Waals surface area contributed by atoms with Crippen LogP contribution >= 0.6 is 0 Å². The van der Waals surface area contributed by atoms with Gasteiger partial charge in [0.25, 0.3) is 0 Å². The first-order valence-electron chi connectivity index (χ1n) is 4.53. The smallest absolute Gasteiger partial charge is 0.230 e. The van der Waals surface area contributed by atoms with Crippen LogP contribution in [0.15, 0.2) is 12.4 Å². The van der Waals surface area contributed by atoms with Crippen LogP contribution in [0.3, 0.4) is 0 Å². The number of aromatic nitrogens is 2. The number of aromatic amines is 1. The number of nitrogens with one attached hydrogen (secondary N) is 1. The molecule has 1 aliphatic heterocycles. The lowest BCUT2D eigenvalue weighted by atomic mass is 10.2. The lowest BCUT2D eigenvalue weighted by Gasteiger charge is -2.12. The molecular weight excluding hydrogens is 182 g/mol. The van der Waals surface area contributed by atoms with Crippen molar-refractivity contribution >= 4 is 11.7 Å². The van der Waals surface area contributed by atoms with Crippen molar-refractivity contribution in [1.29, 1.82) is 0 Å². The van der Waals surface area contributed by atoms with Gasteiger partial charge >= 0.3 is 0 Å². The van der Waals surface area contributed by atoms with E-state index in [1.54, 1.807) is 17.3 Å². The molecule has 1 aromatic heterocycles. The number of likely N-dealkylation sites (tertiary alicyclic amines) is 1. The number of Topliss-reactive ketones (excluding diaryl/α,β-unsaturated/α-hetero) is 1. The van der Waals surface area contributed by atoms with Gasteiger partial charge in [-0.3, -0.25) is 14.7 Å². The van der Waals surface area contributed by atoms with E-state index in [2.05, 4.69) is 10.2 Å². The van der Waals surface area contributed by atoms with Crippen molar-refractivity contribution in [2.24, 2.45) is 0 Å². The number of hydrogen-bond acceptors (Lipinski definition) is 3. The number of hydrogen-bond donors (Lipinski definition) is 1. The number of nitrogens with zero attached hydrogens (tertiary/aromatic N) is 2. The van der Waals surface area contributed by atoms with Gasteiger partial charge in [-0.1, -0.05) is 0 Å². The Labute approximate surface area is 81.1 Å². The Morgan fingerprint density at radius 2 is 2.36 bits per heavy atom. The molecule has 5 nitrogen and oxygen atoms in total. The van der Waals surface area contributed by atoms with Gasteiger partial charge in [0.1, 0.15) is 0 Å². The van der Waals surface area contributed by atoms with Crippen molar-refractivity contribution in [1.82, 2.24) is 15.1 Å². The van der Waals surface area contributed by atoms with Crippen molar-refractivity contribution in [2.75, 3.05) is 13.1 Å². The molecule has 1 aromatic rings. The molecule has 0 aromatic carbocycles. The zero-order valence-electron chi connectivity index (χ0n) is 7.69. The second-order valence-corrected chi connectivity index (χ2v) is 3.39. The predicted octanol–water partition coefficient (Wildman–Crippen LogP) is -0.246. The van der Waals surface area contributed by atoms with Gasteiger partial charge in [0.05, 0.1) is 19.2 Å². The highest BCUT2D eigenvalue weighted by atomic mass is 16.2. The normalized spacial score (nSPS) is 16.7. The van der Waals surface area contributed by atoms with Gasteiger partial charge in [0.15, 0.2) is 5.78 Å². The molecule has 1 N–H and O–H groups in total. The number of carbonyl (C=O) groups excluding carboxylic acids is 2. The SMILES string of the molecule is O=C1CC(=O)N(CCc2cn[nH]c2)C1. The molecule has 0 atom stereocenters. The van der Waals surface area contributed by atoms with Gasteiger partial charge in [-0.2, -0.15) is 5.10 Å². The first-order chi connectivity index (χ1) is 6.75. The maximum Gasteiger partial charge on any atom is 0.230 e. The van der Waals surface area contributed by atoms with Gasteiger partial charge in [0.2, 0.25) is 5.91 Å². The van der Waals surface area contributed by atoms with Gasteiger partial charge in [0, 0.05) is 12.7 Å². The van der Waals surface area contributed by atoms with Crippen LogP contribution in [-0.2, 0) is 16.0 Å². The summed E-state index contributed by atoms with van der Waals surface area (Å²) >= 11 is 0. The maximum absolute atomic E-state index is 11.2. The van der Waals surface area contributed by atoms with E-state index in [9.17, 15) is 9.59 Å². The molecular formula is C9H11N3O2. The fraction of sp³-hybridized carbons (Fsp3) is 0.444. The van der Waals surface area contributed by atoms with Crippen molar-refractivity contribution < 1.29 is 9.59 Å². The molecule has 2 heterocycles. The zero-order chi connectivity index (χ0) is 9.97. The lowest BCUT2D eigenvalue weighted by Crippen LogP contribution is -2.27. The summed E-state index contributed by atoms with van der Waals surface area (Å²) in [6.45, 7) is 0.876. The van der Waals surface area contributed by atoms with Crippen LogP contribution in [-0.4, -0.2) is 39.9 Å². The van der Waals surface area contributed by atoms with Crippen LogP contribution in [0.25, 0.3) is 0 Å². The summed E-state index contributed by atoms with van der Waals surface area (Å²) in [6, 6.07) is 0. The minimum absolute atomic E-state index is 0.0159. The minimum Gasteiger partial charge on any atom is -0.335 e. The van der Waals surface area contributed by atoms with E-state index >= 15 is 0 Å². The van der Waals surface area contributed by atoms with E-state index < -0.39 is 0 Å². The Balaban J connectivity index is 1.87. The largest absolute Gasteiger partial charge is 0.335 e. The van der Waals surface area contributed by atoms with Gasteiger partial charge < -0.3 is 4.90 Å². The number of amides is 1. The zero-order valence-corrected chi connectivity index (χ0v) is 7.69. The van der Waals surface area contributed by atoms with E-state index in [-0.39, 0.29) is 24.7 Å². The summed E-state index contributed by atoms with van der Waals surface area (Å²) in [5.74, 6) is -0.0410. The Bertz CT molecular complexity index is 345. The van der Waals surface area contributed by atoms with Crippen molar-refractivity contribution in [2.45, 2.75) is 12.8 Å². The molecule has 74 valence electrons. The van der Waals surface area contributed by atoms with Gasteiger partial charge in [-0.15, -0.1) is 0 Å². The first kappa shape index (κ1) is 8.93. The standard InChI is InChI=1S/C9H11N3O2/c13-8-3-9(14)12(6-8)2-1-7-4-10-11-5-7/h4-5H,1-3,6H2,(H,10,11). The lowest BCUT2D eigenvalue weighted by molar-refractivity contribution is -0.127. The van der Waals surface area contributed by atoms with Crippen LogP contribution in [0.4, 0.5) is 0 Å². The molecule has 1 saturated heterocycles. The molecule has 0 saturated carbocycles. The topological polar surface area (TPSA) is 66.1 Å². The summed E-state index contributed by atoms with van der Waals surface area (Å²) in [4.78, 5) is 23.8. The molecule has 0 aliphatic carbocycles. The van der Waals surface area contributed by atoms with Crippen molar-refractivity contribution in [3.8, 4) is 0 Å². The van der Waals surface area contributed by atoms with Crippen LogP contribution in [0, 0.1) is 0 Å². The van der Waals surface area contributed by atoms with E-state index in [1.807, 2.05) is 0 Å².